The van der Waals surface area contributed by atoms with Crippen molar-refractivity contribution in [1.29, 1.82) is 0 Å². The fourth-order valence-corrected chi connectivity index (χ4v) is 6.88. The summed E-state index contributed by atoms with van der Waals surface area (Å²) in [5.41, 5.74) is 0.579. The van der Waals surface area contributed by atoms with Crippen LogP contribution < -0.4 is 5.32 Å². The van der Waals surface area contributed by atoms with Crippen LogP contribution in [0.4, 0.5) is 33.7 Å². The Morgan fingerprint density at radius 1 is 0.952 bits per heavy atom. The molecule has 3 aliphatic rings. The third-order valence-corrected chi connectivity index (χ3v) is 8.72. The molecule has 13 heteroatoms. The summed E-state index contributed by atoms with van der Waals surface area (Å²) in [5, 5.41) is 2.94. The summed E-state index contributed by atoms with van der Waals surface area (Å²) in [5.74, 6) is -1.08. The van der Waals surface area contributed by atoms with E-state index >= 15 is 4.39 Å². The molecule has 220 valence electrons. The predicted octanol–water partition coefficient (Wildman–Crippen LogP) is 5.63. The quantitative estimate of drug-likeness (QED) is 0.295. The number of benzene rings is 1. The second kappa shape index (κ2) is 10.2. The van der Waals surface area contributed by atoms with Crippen LogP contribution in [0.25, 0.3) is 22.3 Å². The summed E-state index contributed by atoms with van der Waals surface area (Å²) >= 11 is 0. The van der Waals surface area contributed by atoms with E-state index in [9.17, 15) is 17.6 Å². The van der Waals surface area contributed by atoms with Crippen molar-refractivity contribution in [2.75, 3.05) is 25.0 Å². The number of aryl methyl sites for hydroxylation is 1. The zero-order valence-corrected chi connectivity index (χ0v) is 22.9. The van der Waals surface area contributed by atoms with Crippen LogP contribution in [0.3, 0.4) is 0 Å². The highest BCUT2D eigenvalue weighted by atomic mass is 19.4. The number of nitrogens with zero attached hydrogens (tertiary/aromatic N) is 7. The van der Waals surface area contributed by atoms with Crippen molar-refractivity contribution in [2.45, 2.75) is 63.5 Å². The van der Waals surface area contributed by atoms with E-state index in [0.717, 1.165) is 48.6 Å². The van der Waals surface area contributed by atoms with Crippen molar-refractivity contribution in [2.24, 2.45) is 0 Å². The Hall–Kier alpha value is -3.71. The van der Waals surface area contributed by atoms with Crippen LogP contribution in [0, 0.1) is 11.6 Å². The average molecular weight is 585 g/mol. The predicted molar refractivity (Wildman–Crippen MR) is 146 cm³/mol. The topological polar surface area (TPSA) is 75.0 Å². The van der Waals surface area contributed by atoms with E-state index in [1.54, 1.807) is 12.3 Å². The lowest BCUT2D eigenvalue weighted by Crippen LogP contribution is -2.53. The molecule has 3 aliphatic heterocycles. The number of likely N-dealkylation sites (N-methyl/N-ethyl adjacent to an activating group) is 1. The van der Waals surface area contributed by atoms with Gasteiger partial charge in [0, 0.05) is 49.9 Å². The van der Waals surface area contributed by atoms with E-state index < -0.39 is 23.9 Å². The zero-order chi connectivity index (χ0) is 29.2. The summed E-state index contributed by atoms with van der Waals surface area (Å²) in [6.07, 6.45) is 0.586. The largest absolute Gasteiger partial charge is 0.409 e. The number of fused-ring (bicyclic) bond motifs is 5. The van der Waals surface area contributed by atoms with Gasteiger partial charge in [0.1, 0.15) is 28.9 Å². The minimum atomic E-state index is -4.52. The normalized spacial score (nSPS) is 22.7. The first-order valence-electron chi connectivity index (χ1n) is 14.2. The second-order valence-electron chi connectivity index (χ2n) is 11.3. The zero-order valence-electron chi connectivity index (χ0n) is 22.9. The number of rotatable bonds is 6. The Morgan fingerprint density at radius 3 is 2.43 bits per heavy atom. The number of piperazine rings is 1. The molecule has 2 bridgehead atoms. The van der Waals surface area contributed by atoms with E-state index in [-0.39, 0.29) is 46.9 Å². The van der Waals surface area contributed by atoms with Crippen LogP contribution in [-0.2, 0) is 13.0 Å². The van der Waals surface area contributed by atoms with Crippen LogP contribution in [0.15, 0.2) is 36.7 Å². The Kier molecular flexibility index (Phi) is 6.61. The lowest BCUT2D eigenvalue weighted by atomic mass is 10.1. The maximum atomic E-state index is 15.0. The number of hydrogen-bond acceptors (Lipinski definition) is 7. The molecule has 42 heavy (non-hydrogen) atoms. The minimum Gasteiger partial charge on any atom is -0.316 e. The Bertz CT molecular complexity index is 1620. The van der Waals surface area contributed by atoms with Gasteiger partial charge < -0.3 is 9.88 Å². The second-order valence-corrected chi connectivity index (χ2v) is 11.3. The van der Waals surface area contributed by atoms with Crippen molar-refractivity contribution < 1.29 is 22.0 Å². The molecule has 1 N–H and O–H groups in total. The van der Waals surface area contributed by atoms with Crippen LogP contribution in [0.2, 0.25) is 0 Å². The van der Waals surface area contributed by atoms with Gasteiger partial charge >= 0.3 is 6.18 Å². The molecule has 7 rings (SSSR count). The molecule has 3 aromatic heterocycles. The molecule has 2 fully saturated rings. The molecule has 0 amide bonds. The van der Waals surface area contributed by atoms with Crippen LogP contribution in [0.5, 0.6) is 0 Å². The maximum Gasteiger partial charge on any atom is 0.409 e. The first kappa shape index (κ1) is 27.1. The van der Waals surface area contributed by atoms with E-state index in [4.69, 9.17) is 0 Å². The molecule has 6 heterocycles. The number of nitrogens with one attached hydrogen (secondary N) is 1. The van der Waals surface area contributed by atoms with Crippen molar-refractivity contribution in [1.82, 2.24) is 34.3 Å². The first-order chi connectivity index (χ1) is 20.2. The molecule has 0 radical (unpaired) electrons. The SMILES string of the molecule is CCN1C2CCC1CN(Cc1ccc(Nc3ncc(F)c(-c4cc(F)c5nc6n(c5c4)[C@H](C(F)(F)F)CC6)n3)nc1)C2. The molecular formula is C29H29F5N8. The number of imidazole rings is 1. The highest BCUT2D eigenvalue weighted by Crippen LogP contribution is 2.42. The van der Waals surface area contributed by atoms with Crippen molar-refractivity contribution >= 4 is 22.8 Å². The molecule has 1 aromatic carbocycles. The molecule has 2 unspecified atom stereocenters. The summed E-state index contributed by atoms with van der Waals surface area (Å²) in [6, 6.07) is 5.50. The lowest BCUT2D eigenvalue weighted by Gasteiger charge is -2.40. The Labute approximate surface area is 238 Å². The molecule has 3 atom stereocenters. The van der Waals surface area contributed by atoms with Gasteiger partial charge in [0.15, 0.2) is 11.6 Å². The number of halogens is 5. The lowest BCUT2D eigenvalue weighted by molar-refractivity contribution is -0.164. The number of likely N-dealkylation sites (tertiary alicyclic amines) is 1. The fraction of sp³-hybridized carbons (Fsp3) is 0.448. The van der Waals surface area contributed by atoms with E-state index in [2.05, 4.69) is 42.0 Å². The number of pyridine rings is 1. The van der Waals surface area contributed by atoms with Crippen LogP contribution >= 0.6 is 0 Å². The summed E-state index contributed by atoms with van der Waals surface area (Å²) in [4.78, 5) is 21.8. The number of aromatic nitrogens is 5. The van der Waals surface area contributed by atoms with Gasteiger partial charge in [-0.1, -0.05) is 13.0 Å². The fourth-order valence-electron chi connectivity index (χ4n) is 6.88. The Morgan fingerprint density at radius 2 is 1.74 bits per heavy atom. The minimum absolute atomic E-state index is 0.0149. The molecule has 0 spiro atoms. The number of hydrogen-bond donors (Lipinski definition) is 1. The van der Waals surface area contributed by atoms with E-state index in [1.165, 1.54) is 18.9 Å². The number of alkyl halides is 3. The van der Waals surface area contributed by atoms with Gasteiger partial charge in [-0.15, -0.1) is 0 Å². The standard InChI is InChI=1S/C29H29F5N8/c1-2-41-18-4-5-19(41)15-40(14-18)13-16-3-7-24(35-11-16)37-28-36-12-21(31)26(39-28)17-9-20(30)27-22(10-17)42-23(29(32,33)34)6-8-25(42)38-27/h3,7,9-12,18-19,23H,2,4-6,8,13-15H2,1H3,(H,35,36,37,39)/t18?,19?,23-/m0/s1. The van der Waals surface area contributed by atoms with Crippen LogP contribution in [0.1, 0.15) is 43.6 Å². The van der Waals surface area contributed by atoms with Crippen molar-refractivity contribution in [3.63, 3.8) is 0 Å². The molecule has 4 aromatic rings. The molecule has 0 saturated carbocycles. The molecular weight excluding hydrogens is 555 g/mol. The van der Waals surface area contributed by atoms with Gasteiger partial charge in [0.25, 0.3) is 0 Å². The summed E-state index contributed by atoms with van der Waals surface area (Å²) < 4.78 is 71.9. The average Bonchev–Trinajstić information content (AvgIpc) is 3.61. The van der Waals surface area contributed by atoms with Gasteiger partial charge in [-0.05, 0) is 49.6 Å². The monoisotopic (exact) mass is 584 g/mol. The van der Waals surface area contributed by atoms with Gasteiger partial charge in [-0.2, -0.15) is 13.2 Å². The van der Waals surface area contributed by atoms with E-state index in [0.29, 0.717) is 17.9 Å². The van der Waals surface area contributed by atoms with Gasteiger partial charge in [0.05, 0.1) is 11.7 Å². The molecule has 2 saturated heterocycles. The highest BCUT2D eigenvalue weighted by Gasteiger charge is 2.46. The van der Waals surface area contributed by atoms with Crippen molar-refractivity contribution in [3.8, 4) is 11.3 Å². The molecule has 0 aliphatic carbocycles. The first-order valence-corrected chi connectivity index (χ1v) is 14.2. The summed E-state index contributed by atoms with van der Waals surface area (Å²) in [6.45, 7) is 6.20. The smallest absolute Gasteiger partial charge is 0.316 e. The summed E-state index contributed by atoms with van der Waals surface area (Å²) in [7, 11) is 0. The van der Waals surface area contributed by atoms with Crippen LogP contribution in [-0.4, -0.2) is 72.2 Å². The van der Waals surface area contributed by atoms with Gasteiger partial charge in [-0.3, -0.25) is 9.80 Å². The van der Waals surface area contributed by atoms with Gasteiger partial charge in [-0.25, -0.2) is 28.7 Å². The van der Waals surface area contributed by atoms with E-state index in [1.807, 2.05) is 6.07 Å². The third kappa shape index (κ3) is 4.77. The molecule has 8 nitrogen and oxygen atoms in total. The van der Waals surface area contributed by atoms with Crippen molar-refractivity contribution in [3.05, 3.63) is 59.7 Å². The number of anilines is 2. The van der Waals surface area contributed by atoms with Gasteiger partial charge in [0.2, 0.25) is 5.95 Å². The Balaban J connectivity index is 1.11. The highest BCUT2D eigenvalue weighted by molar-refractivity contribution is 5.83. The third-order valence-electron chi connectivity index (χ3n) is 8.72. The maximum absolute atomic E-state index is 15.0.